The number of halogens is 1. The first kappa shape index (κ1) is 12.6. The van der Waals surface area contributed by atoms with Gasteiger partial charge in [-0.2, -0.15) is 0 Å². The number of carbonyl (C=O) groups excluding carboxylic acids is 1. The van der Waals surface area contributed by atoms with Crippen molar-refractivity contribution in [3.63, 3.8) is 0 Å². The number of aromatic hydroxyl groups is 1. The quantitative estimate of drug-likeness (QED) is 0.789. The van der Waals surface area contributed by atoms with Gasteiger partial charge in [0, 0.05) is 18.7 Å². The third-order valence-corrected chi connectivity index (χ3v) is 3.63. The minimum Gasteiger partial charge on any atom is -0.507 e. The predicted octanol–water partition coefficient (Wildman–Crippen LogP) is 1.86. The summed E-state index contributed by atoms with van der Waals surface area (Å²) < 4.78 is 6.14. The number of phenols is 1. The highest BCUT2D eigenvalue weighted by Gasteiger charge is 2.22. The molecule has 1 aliphatic rings. The van der Waals surface area contributed by atoms with E-state index < -0.39 is 0 Å². The van der Waals surface area contributed by atoms with Crippen LogP contribution in [0.1, 0.15) is 17.3 Å². The van der Waals surface area contributed by atoms with Crippen molar-refractivity contribution < 1.29 is 14.6 Å². The zero-order valence-corrected chi connectivity index (χ0v) is 11.7. The fourth-order valence-corrected chi connectivity index (χ4v) is 2.17. The van der Waals surface area contributed by atoms with E-state index in [0.29, 0.717) is 25.3 Å². The van der Waals surface area contributed by atoms with E-state index in [0.717, 1.165) is 3.57 Å². The van der Waals surface area contributed by atoms with E-state index in [9.17, 15) is 9.90 Å². The monoisotopic (exact) mass is 347 g/mol. The van der Waals surface area contributed by atoms with E-state index in [1.54, 1.807) is 17.0 Å². The van der Waals surface area contributed by atoms with Gasteiger partial charge in [0.2, 0.25) is 0 Å². The molecule has 0 aliphatic carbocycles. The molecular weight excluding hydrogens is 333 g/mol. The molecule has 0 aromatic heterocycles. The van der Waals surface area contributed by atoms with Gasteiger partial charge in [0.05, 0.1) is 16.3 Å². The number of ether oxygens (including phenoxy) is 1. The molecule has 0 spiro atoms. The van der Waals surface area contributed by atoms with Crippen LogP contribution >= 0.6 is 22.6 Å². The molecular formula is C12H14INO3. The smallest absolute Gasteiger partial charge is 0.254 e. The number of morpholine rings is 1. The Morgan fingerprint density at radius 1 is 1.59 bits per heavy atom. The summed E-state index contributed by atoms with van der Waals surface area (Å²) in [4.78, 5) is 13.9. The molecule has 1 N–H and O–H groups in total. The van der Waals surface area contributed by atoms with Crippen LogP contribution in [0.25, 0.3) is 0 Å². The largest absolute Gasteiger partial charge is 0.507 e. The third-order valence-electron chi connectivity index (χ3n) is 2.72. The Morgan fingerprint density at radius 3 is 3.00 bits per heavy atom. The molecule has 0 bridgehead atoms. The lowest BCUT2D eigenvalue weighted by molar-refractivity contribution is -0.0124. The molecule has 1 heterocycles. The van der Waals surface area contributed by atoms with Gasteiger partial charge in [-0.05, 0) is 47.7 Å². The van der Waals surface area contributed by atoms with Crippen molar-refractivity contribution in [2.45, 2.75) is 13.0 Å². The Hall–Kier alpha value is -0.820. The van der Waals surface area contributed by atoms with Gasteiger partial charge >= 0.3 is 0 Å². The Morgan fingerprint density at radius 2 is 2.35 bits per heavy atom. The number of rotatable bonds is 1. The zero-order chi connectivity index (χ0) is 12.4. The van der Waals surface area contributed by atoms with Crippen LogP contribution in [-0.2, 0) is 4.74 Å². The molecule has 17 heavy (non-hydrogen) atoms. The lowest BCUT2D eigenvalue weighted by atomic mass is 10.1. The van der Waals surface area contributed by atoms with Gasteiger partial charge in [0.15, 0.2) is 0 Å². The summed E-state index contributed by atoms with van der Waals surface area (Å²) in [5.41, 5.74) is 0.525. The summed E-state index contributed by atoms with van der Waals surface area (Å²) in [7, 11) is 0. The number of benzene rings is 1. The maximum Gasteiger partial charge on any atom is 0.254 e. The van der Waals surface area contributed by atoms with Crippen LogP contribution in [-0.4, -0.2) is 41.7 Å². The van der Waals surface area contributed by atoms with Crippen molar-refractivity contribution in [2.75, 3.05) is 19.7 Å². The summed E-state index contributed by atoms with van der Waals surface area (Å²) >= 11 is 2.03. The Bertz CT molecular complexity index is 436. The van der Waals surface area contributed by atoms with E-state index in [1.807, 2.05) is 29.5 Å². The van der Waals surface area contributed by atoms with Crippen LogP contribution in [0.3, 0.4) is 0 Å². The Kier molecular flexibility index (Phi) is 3.88. The molecule has 1 saturated heterocycles. The molecule has 1 unspecified atom stereocenters. The van der Waals surface area contributed by atoms with Crippen molar-refractivity contribution >= 4 is 28.5 Å². The molecule has 0 radical (unpaired) electrons. The molecule has 1 amide bonds. The molecule has 1 aromatic rings. The molecule has 1 fully saturated rings. The Balaban J connectivity index is 2.15. The van der Waals surface area contributed by atoms with E-state index in [4.69, 9.17) is 4.74 Å². The topological polar surface area (TPSA) is 49.8 Å². The molecule has 1 atom stereocenters. The van der Waals surface area contributed by atoms with Gasteiger partial charge in [-0.1, -0.05) is 0 Å². The maximum absolute atomic E-state index is 12.2. The van der Waals surface area contributed by atoms with Crippen LogP contribution in [0.2, 0.25) is 0 Å². The van der Waals surface area contributed by atoms with Gasteiger partial charge in [0.25, 0.3) is 5.91 Å². The molecule has 92 valence electrons. The highest BCUT2D eigenvalue weighted by atomic mass is 127. The first-order chi connectivity index (χ1) is 8.08. The van der Waals surface area contributed by atoms with Gasteiger partial charge < -0.3 is 14.7 Å². The van der Waals surface area contributed by atoms with Crippen LogP contribution in [0.15, 0.2) is 18.2 Å². The molecule has 1 aliphatic heterocycles. The van der Waals surface area contributed by atoms with Gasteiger partial charge in [0.1, 0.15) is 5.75 Å². The van der Waals surface area contributed by atoms with E-state index >= 15 is 0 Å². The van der Waals surface area contributed by atoms with Crippen LogP contribution in [0.4, 0.5) is 0 Å². The van der Waals surface area contributed by atoms with Gasteiger partial charge in [-0.15, -0.1) is 0 Å². The molecule has 5 heteroatoms. The standard InChI is InChI=1S/C12H14INO3/c1-8-7-14(4-5-17-8)12(16)9-2-3-10(13)11(15)6-9/h2-3,6,8,15H,4-5,7H2,1H3. The summed E-state index contributed by atoms with van der Waals surface area (Å²) in [6, 6.07) is 5.00. The number of carbonyl (C=O) groups is 1. The minimum absolute atomic E-state index is 0.0492. The van der Waals surface area contributed by atoms with E-state index in [2.05, 4.69) is 0 Å². The average Bonchev–Trinajstić information content (AvgIpc) is 2.32. The molecule has 2 rings (SSSR count). The second-order valence-corrected chi connectivity index (χ2v) is 5.26. The third kappa shape index (κ3) is 2.90. The van der Waals surface area contributed by atoms with Gasteiger partial charge in [-0.25, -0.2) is 0 Å². The zero-order valence-electron chi connectivity index (χ0n) is 9.52. The van der Waals surface area contributed by atoms with E-state index in [1.165, 1.54) is 6.07 Å². The highest BCUT2D eigenvalue weighted by Crippen LogP contribution is 2.21. The minimum atomic E-state index is -0.0492. The first-order valence-corrected chi connectivity index (χ1v) is 6.55. The predicted molar refractivity (Wildman–Crippen MR) is 72.1 cm³/mol. The number of phenolic OH excluding ortho intramolecular Hbond substituents is 1. The SMILES string of the molecule is CC1CN(C(=O)c2ccc(I)c(O)c2)CCO1. The van der Waals surface area contributed by atoms with E-state index in [-0.39, 0.29) is 17.8 Å². The fourth-order valence-electron chi connectivity index (χ4n) is 1.83. The second-order valence-electron chi connectivity index (χ2n) is 4.10. The van der Waals surface area contributed by atoms with Gasteiger partial charge in [-0.3, -0.25) is 4.79 Å². The van der Waals surface area contributed by atoms with Crippen molar-refractivity contribution in [2.24, 2.45) is 0 Å². The fraction of sp³-hybridized carbons (Fsp3) is 0.417. The lowest BCUT2D eigenvalue weighted by Gasteiger charge is -2.31. The van der Waals surface area contributed by atoms with Crippen molar-refractivity contribution in [1.29, 1.82) is 0 Å². The summed E-state index contributed by atoms with van der Waals surface area (Å²) in [6.45, 7) is 3.73. The van der Waals surface area contributed by atoms with Crippen LogP contribution in [0, 0.1) is 3.57 Å². The summed E-state index contributed by atoms with van der Waals surface area (Å²) in [5, 5.41) is 9.60. The highest BCUT2D eigenvalue weighted by molar-refractivity contribution is 14.1. The summed E-state index contributed by atoms with van der Waals surface area (Å²) in [6.07, 6.45) is 0.0742. The van der Waals surface area contributed by atoms with Crippen molar-refractivity contribution in [3.05, 3.63) is 27.3 Å². The molecule has 0 saturated carbocycles. The first-order valence-electron chi connectivity index (χ1n) is 5.47. The number of hydrogen-bond donors (Lipinski definition) is 1. The normalized spacial score (nSPS) is 20.4. The Labute approximate surface area is 114 Å². The summed E-state index contributed by atoms with van der Waals surface area (Å²) in [5.74, 6) is 0.101. The van der Waals surface area contributed by atoms with Crippen molar-refractivity contribution in [1.82, 2.24) is 4.90 Å². The number of nitrogens with zero attached hydrogens (tertiary/aromatic N) is 1. The maximum atomic E-state index is 12.2. The lowest BCUT2D eigenvalue weighted by Crippen LogP contribution is -2.44. The average molecular weight is 347 g/mol. The van der Waals surface area contributed by atoms with Crippen molar-refractivity contribution in [3.8, 4) is 5.75 Å². The number of amides is 1. The number of hydrogen-bond acceptors (Lipinski definition) is 3. The van der Waals surface area contributed by atoms with Crippen LogP contribution in [0.5, 0.6) is 5.75 Å². The van der Waals surface area contributed by atoms with Crippen LogP contribution < -0.4 is 0 Å². The second kappa shape index (κ2) is 5.22. The molecule has 1 aromatic carbocycles. The molecule has 4 nitrogen and oxygen atoms in total.